The van der Waals surface area contributed by atoms with E-state index in [9.17, 15) is 9.59 Å². The summed E-state index contributed by atoms with van der Waals surface area (Å²) in [5.74, 6) is 1.47. The number of nitrogens with zero attached hydrogens (tertiary/aromatic N) is 2. The Bertz CT molecular complexity index is 1120. The van der Waals surface area contributed by atoms with Crippen LogP contribution in [0.2, 0.25) is 0 Å². The molecule has 0 aliphatic heterocycles. The highest BCUT2D eigenvalue weighted by molar-refractivity contribution is 6.07. The zero-order chi connectivity index (χ0) is 23.4. The van der Waals surface area contributed by atoms with E-state index >= 15 is 0 Å². The molecule has 3 rings (SSSR count). The fourth-order valence-electron chi connectivity index (χ4n) is 3.71. The third-order valence-corrected chi connectivity index (χ3v) is 5.04. The summed E-state index contributed by atoms with van der Waals surface area (Å²) < 4.78 is 16.0. The Morgan fingerprint density at radius 1 is 1.19 bits per heavy atom. The molecule has 0 aromatic carbocycles. The summed E-state index contributed by atoms with van der Waals surface area (Å²) in [6.07, 6.45) is 0.192. The number of ether oxygens (including phenoxy) is 1. The Hall–Kier alpha value is -3.36. The molecule has 0 saturated carbocycles. The Morgan fingerprint density at radius 2 is 1.94 bits per heavy atom. The van der Waals surface area contributed by atoms with E-state index < -0.39 is 6.09 Å². The Labute approximate surface area is 186 Å². The molecule has 9 heteroatoms. The van der Waals surface area contributed by atoms with Crippen LogP contribution in [-0.4, -0.2) is 41.3 Å². The van der Waals surface area contributed by atoms with Gasteiger partial charge in [0.15, 0.2) is 0 Å². The quantitative estimate of drug-likeness (QED) is 0.534. The van der Waals surface area contributed by atoms with E-state index in [1.54, 1.807) is 19.9 Å². The van der Waals surface area contributed by atoms with Gasteiger partial charge in [-0.1, -0.05) is 19.0 Å². The minimum absolute atomic E-state index is 0.253. The molecule has 1 atom stereocenters. The maximum atomic E-state index is 13.2. The molecule has 0 aliphatic carbocycles. The lowest BCUT2D eigenvalue weighted by molar-refractivity contribution is 0.0946. The molecule has 0 aliphatic rings. The molecule has 3 aromatic rings. The SMILES string of the molecule is CCOC(=O)NC(CNC(=O)c1cc(-c2cc(C)oc2C)nc2onc(C)c12)CC(C)C. The summed E-state index contributed by atoms with van der Waals surface area (Å²) in [6.45, 7) is 11.8. The predicted octanol–water partition coefficient (Wildman–Crippen LogP) is 4.30. The van der Waals surface area contributed by atoms with Gasteiger partial charge in [-0.3, -0.25) is 4.79 Å². The van der Waals surface area contributed by atoms with Crippen LogP contribution in [0, 0.1) is 26.7 Å². The maximum absolute atomic E-state index is 13.2. The average molecular weight is 443 g/mol. The van der Waals surface area contributed by atoms with Gasteiger partial charge in [0.25, 0.3) is 11.6 Å². The van der Waals surface area contributed by atoms with Gasteiger partial charge in [-0.2, -0.15) is 0 Å². The number of furan rings is 1. The molecule has 9 nitrogen and oxygen atoms in total. The van der Waals surface area contributed by atoms with Crippen molar-refractivity contribution >= 4 is 23.1 Å². The van der Waals surface area contributed by atoms with E-state index in [1.807, 2.05) is 19.9 Å². The van der Waals surface area contributed by atoms with Gasteiger partial charge in [0.1, 0.15) is 11.5 Å². The number of pyridine rings is 1. The number of hydrogen-bond acceptors (Lipinski definition) is 7. The highest BCUT2D eigenvalue weighted by Crippen LogP contribution is 2.30. The first-order valence-electron chi connectivity index (χ1n) is 10.8. The number of hydrogen-bond donors (Lipinski definition) is 2. The summed E-state index contributed by atoms with van der Waals surface area (Å²) in [7, 11) is 0. The van der Waals surface area contributed by atoms with Crippen molar-refractivity contribution < 1.29 is 23.3 Å². The number of aryl methyl sites for hydroxylation is 3. The minimum Gasteiger partial charge on any atom is -0.466 e. The molecule has 32 heavy (non-hydrogen) atoms. The van der Waals surface area contributed by atoms with Gasteiger partial charge in [0.2, 0.25) is 0 Å². The highest BCUT2D eigenvalue weighted by Gasteiger charge is 2.22. The maximum Gasteiger partial charge on any atom is 0.407 e. The van der Waals surface area contributed by atoms with Crippen LogP contribution < -0.4 is 10.6 Å². The lowest BCUT2D eigenvalue weighted by Crippen LogP contribution is -2.44. The lowest BCUT2D eigenvalue weighted by Gasteiger charge is -2.21. The molecular formula is C23H30N4O5. The summed E-state index contributed by atoms with van der Waals surface area (Å²) in [4.78, 5) is 29.6. The van der Waals surface area contributed by atoms with Gasteiger partial charge in [-0.15, -0.1) is 0 Å². The van der Waals surface area contributed by atoms with Crippen molar-refractivity contribution in [2.75, 3.05) is 13.2 Å². The molecule has 3 aromatic heterocycles. The topological polar surface area (TPSA) is 119 Å². The van der Waals surface area contributed by atoms with Gasteiger partial charge in [-0.25, -0.2) is 9.78 Å². The van der Waals surface area contributed by atoms with E-state index in [4.69, 9.17) is 13.7 Å². The molecule has 0 saturated heterocycles. The molecule has 0 fully saturated rings. The third-order valence-electron chi connectivity index (χ3n) is 5.04. The van der Waals surface area contributed by atoms with Crippen molar-refractivity contribution in [2.24, 2.45) is 5.92 Å². The van der Waals surface area contributed by atoms with E-state index in [0.717, 1.165) is 11.3 Å². The zero-order valence-electron chi connectivity index (χ0n) is 19.4. The largest absolute Gasteiger partial charge is 0.466 e. The number of alkyl carbamates (subject to hydrolysis) is 1. The Balaban J connectivity index is 1.88. The normalized spacial score (nSPS) is 12.2. The van der Waals surface area contributed by atoms with E-state index in [-0.39, 0.29) is 30.8 Å². The number of amides is 2. The van der Waals surface area contributed by atoms with Gasteiger partial charge >= 0.3 is 6.09 Å². The fourth-order valence-corrected chi connectivity index (χ4v) is 3.71. The smallest absolute Gasteiger partial charge is 0.407 e. The number of rotatable bonds is 8. The van der Waals surface area contributed by atoms with Gasteiger partial charge in [0.05, 0.1) is 28.9 Å². The standard InChI is InChI=1S/C23H30N4O5/c1-7-30-23(29)25-16(8-12(2)3)11-24-21(28)18-10-19(17-9-13(4)31-15(17)6)26-22-20(18)14(5)27-32-22/h9-10,12,16H,7-8,11H2,1-6H3,(H,24,28)(H,25,29). The number of fused-ring (bicyclic) bond motifs is 1. The fraction of sp³-hybridized carbons (Fsp3) is 0.478. The molecule has 0 spiro atoms. The van der Waals surface area contributed by atoms with Crippen LogP contribution in [0.25, 0.3) is 22.4 Å². The minimum atomic E-state index is -0.498. The van der Waals surface area contributed by atoms with Crippen molar-refractivity contribution in [3.05, 3.63) is 34.9 Å². The van der Waals surface area contributed by atoms with Crippen molar-refractivity contribution in [2.45, 2.75) is 54.0 Å². The molecule has 172 valence electrons. The van der Waals surface area contributed by atoms with Gasteiger partial charge in [0, 0.05) is 18.2 Å². The lowest BCUT2D eigenvalue weighted by atomic mass is 10.0. The van der Waals surface area contributed by atoms with Gasteiger partial charge in [-0.05, 0) is 52.2 Å². The monoisotopic (exact) mass is 442 g/mol. The van der Waals surface area contributed by atoms with Crippen LogP contribution >= 0.6 is 0 Å². The predicted molar refractivity (Wildman–Crippen MR) is 119 cm³/mol. The Kier molecular flexibility index (Phi) is 7.17. The first-order chi connectivity index (χ1) is 15.2. The van der Waals surface area contributed by atoms with Crippen LogP contribution in [0.15, 0.2) is 21.1 Å². The third kappa shape index (κ3) is 5.27. The van der Waals surface area contributed by atoms with Crippen molar-refractivity contribution in [3.63, 3.8) is 0 Å². The molecule has 0 radical (unpaired) electrons. The summed E-state index contributed by atoms with van der Waals surface area (Å²) in [6, 6.07) is 3.32. The molecule has 0 bridgehead atoms. The van der Waals surface area contributed by atoms with Crippen LogP contribution in [0.3, 0.4) is 0 Å². The zero-order valence-corrected chi connectivity index (χ0v) is 19.4. The first kappa shape index (κ1) is 23.3. The average Bonchev–Trinajstić information content (AvgIpc) is 3.26. The molecular weight excluding hydrogens is 412 g/mol. The summed E-state index contributed by atoms with van der Waals surface area (Å²) in [5.41, 5.74) is 2.62. The molecule has 3 heterocycles. The highest BCUT2D eigenvalue weighted by atomic mass is 16.5. The van der Waals surface area contributed by atoms with Crippen LogP contribution in [0.4, 0.5) is 4.79 Å². The molecule has 2 N–H and O–H groups in total. The summed E-state index contributed by atoms with van der Waals surface area (Å²) in [5, 5.41) is 10.3. The second-order valence-corrected chi connectivity index (χ2v) is 8.23. The van der Waals surface area contributed by atoms with Crippen LogP contribution in [0.5, 0.6) is 0 Å². The van der Waals surface area contributed by atoms with E-state index in [1.165, 1.54) is 0 Å². The second kappa shape index (κ2) is 9.84. The number of aromatic nitrogens is 2. The molecule has 1 unspecified atom stereocenters. The number of carbonyl (C=O) groups excluding carboxylic acids is 2. The van der Waals surface area contributed by atoms with E-state index in [0.29, 0.717) is 40.4 Å². The van der Waals surface area contributed by atoms with Gasteiger partial charge < -0.3 is 24.3 Å². The summed E-state index contributed by atoms with van der Waals surface area (Å²) >= 11 is 0. The second-order valence-electron chi connectivity index (χ2n) is 8.23. The van der Waals surface area contributed by atoms with Crippen molar-refractivity contribution in [3.8, 4) is 11.3 Å². The van der Waals surface area contributed by atoms with Crippen molar-refractivity contribution in [1.82, 2.24) is 20.8 Å². The van der Waals surface area contributed by atoms with E-state index in [2.05, 4.69) is 34.6 Å². The van der Waals surface area contributed by atoms with Crippen LogP contribution in [0.1, 0.15) is 54.8 Å². The molecule has 2 amide bonds. The first-order valence-corrected chi connectivity index (χ1v) is 10.8. The number of carbonyl (C=O) groups is 2. The van der Waals surface area contributed by atoms with Crippen LogP contribution in [-0.2, 0) is 4.74 Å². The number of nitrogens with one attached hydrogen (secondary N) is 2. The van der Waals surface area contributed by atoms with Crippen molar-refractivity contribution in [1.29, 1.82) is 0 Å². The Morgan fingerprint density at radius 3 is 2.56 bits per heavy atom.